The summed E-state index contributed by atoms with van der Waals surface area (Å²) in [5.41, 5.74) is 1.07. The van der Waals surface area contributed by atoms with Crippen molar-refractivity contribution in [3.63, 3.8) is 0 Å². The van der Waals surface area contributed by atoms with E-state index in [0.717, 1.165) is 22.3 Å². The van der Waals surface area contributed by atoms with Crippen molar-refractivity contribution in [2.75, 3.05) is 20.7 Å². The molecule has 0 fully saturated rings. The summed E-state index contributed by atoms with van der Waals surface area (Å²) in [7, 11) is 3.50. The smallest absolute Gasteiger partial charge is 0.223 e. The summed E-state index contributed by atoms with van der Waals surface area (Å²) in [5.74, 6) is 0.795. The molecule has 1 aromatic rings. The van der Waals surface area contributed by atoms with Gasteiger partial charge in [-0.1, -0.05) is 15.9 Å². The molecular weight excluding hydrogens is 284 g/mol. The number of hydrogen-bond donors (Lipinski definition) is 2. The quantitative estimate of drug-likeness (QED) is 0.840. The molecule has 1 rings (SSSR count). The minimum atomic E-state index is -0.0164. The summed E-state index contributed by atoms with van der Waals surface area (Å²) in [6.07, 6.45) is 0.367. The third-order valence-corrected chi connectivity index (χ3v) is 2.75. The monoisotopic (exact) mass is 300 g/mol. The average Bonchev–Trinajstić information content (AvgIpc) is 2.32. The van der Waals surface area contributed by atoms with Gasteiger partial charge in [-0.2, -0.15) is 0 Å². The molecule has 4 nitrogen and oxygen atoms in total. The SMILES string of the molecule is CNCc1cc(Br)ccc1OCCC(=O)NC. The van der Waals surface area contributed by atoms with Gasteiger partial charge in [-0.05, 0) is 25.2 Å². The third-order valence-electron chi connectivity index (χ3n) is 2.26. The predicted octanol–water partition coefficient (Wildman–Crippen LogP) is 1.68. The summed E-state index contributed by atoms with van der Waals surface area (Å²) in [6.45, 7) is 1.12. The highest BCUT2D eigenvalue weighted by atomic mass is 79.9. The number of ether oxygens (including phenoxy) is 1. The highest BCUT2D eigenvalue weighted by Crippen LogP contribution is 2.23. The first-order chi connectivity index (χ1) is 8.17. The highest BCUT2D eigenvalue weighted by Gasteiger charge is 2.05. The molecule has 1 aromatic carbocycles. The molecule has 5 heteroatoms. The standard InChI is InChI=1S/C12H17BrN2O2/c1-14-8-9-7-10(13)3-4-11(9)17-6-5-12(16)15-2/h3-4,7,14H,5-6,8H2,1-2H3,(H,15,16). The molecule has 0 saturated heterocycles. The number of benzene rings is 1. The van der Waals surface area contributed by atoms with Gasteiger partial charge in [-0.25, -0.2) is 0 Å². The van der Waals surface area contributed by atoms with Crippen LogP contribution in [0.1, 0.15) is 12.0 Å². The number of amides is 1. The van der Waals surface area contributed by atoms with E-state index in [1.807, 2.05) is 25.2 Å². The molecule has 0 aromatic heterocycles. The van der Waals surface area contributed by atoms with Gasteiger partial charge in [0, 0.05) is 23.6 Å². The van der Waals surface area contributed by atoms with Crippen LogP contribution < -0.4 is 15.4 Å². The van der Waals surface area contributed by atoms with Gasteiger partial charge in [-0.15, -0.1) is 0 Å². The van der Waals surface area contributed by atoms with E-state index < -0.39 is 0 Å². The maximum atomic E-state index is 11.1. The summed E-state index contributed by atoms with van der Waals surface area (Å²) >= 11 is 3.42. The minimum Gasteiger partial charge on any atom is -0.493 e. The summed E-state index contributed by atoms with van der Waals surface area (Å²) in [6, 6.07) is 5.83. The number of halogens is 1. The second kappa shape index (κ2) is 7.29. The Kier molecular flexibility index (Phi) is 6.00. The van der Waals surface area contributed by atoms with E-state index in [2.05, 4.69) is 26.6 Å². The van der Waals surface area contributed by atoms with Crippen molar-refractivity contribution in [1.82, 2.24) is 10.6 Å². The lowest BCUT2D eigenvalue weighted by Gasteiger charge is -2.11. The molecule has 0 spiro atoms. The highest BCUT2D eigenvalue weighted by molar-refractivity contribution is 9.10. The fraction of sp³-hybridized carbons (Fsp3) is 0.417. The summed E-state index contributed by atoms with van der Waals surface area (Å²) in [5, 5.41) is 5.64. The first kappa shape index (κ1) is 14.0. The van der Waals surface area contributed by atoms with Gasteiger partial charge in [0.15, 0.2) is 0 Å². The molecule has 0 saturated carbocycles. The zero-order valence-electron chi connectivity index (χ0n) is 10.0. The fourth-order valence-electron chi connectivity index (χ4n) is 1.40. The van der Waals surface area contributed by atoms with E-state index in [0.29, 0.717) is 13.0 Å². The molecule has 0 aliphatic rings. The van der Waals surface area contributed by atoms with E-state index in [1.54, 1.807) is 7.05 Å². The Morgan fingerprint density at radius 3 is 2.82 bits per heavy atom. The Bertz CT molecular complexity index is 383. The van der Waals surface area contributed by atoms with Crippen molar-refractivity contribution in [2.24, 2.45) is 0 Å². The molecule has 0 radical (unpaired) electrons. The van der Waals surface area contributed by atoms with Crippen LogP contribution in [-0.4, -0.2) is 26.6 Å². The molecule has 0 atom stereocenters. The van der Waals surface area contributed by atoms with Crippen molar-refractivity contribution in [2.45, 2.75) is 13.0 Å². The first-order valence-electron chi connectivity index (χ1n) is 5.43. The average molecular weight is 301 g/mol. The third kappa shape index (κ3) is 4.75. The molecular formula is C12H17BrN2O2. The van der Waals surface area contributed by atoms with E-state index in [4.69, 9.17) is 4.74 Å². The maximum Gasteiger partial charge on any atom is 0.223 e. The number of nitrogens with one attached hydrogen (secondary N) is 2. The number of carbonyl (C=O) groups is 1. The van der Waals surface area contributed by atoms with Crippen molar-refractivity contribution in [3.8, 4) is 5.75 Å². The van der Waals surface area contributed by atoms with E-state index in [-0.39, 0.29) is 5.91 Å². The zero-order valence-corrected chi connectivity index (χ0v) is 11.6. The number of rotatable bonds is 6. The van der Waals surface area contributed by atoms with Gasteiger partial charge in [0.2, 0.25) is 5.91 Å². The molecule has 17 heavy (non-hydrogen) atoms. The largest absolute Gasteiger partial charge is 0.493 e. The lowest BCUT2D eigenvalue weighted by atomic mass is 10.2. The Morgan fingerprint density at radius 2 is 2.18 bits per heavy atom. The molecule has 0 heterocycles. The van der Waals surface area contributed by atoms with Gasteiger partial charge in [-0.3, -0.25) is 4.79 Å². The molecule has 0 unspecified atom stereocenters. The van der Waals surface area contributed by atoms with Crippen molar-refractivity contribution in [3.05, 3.63) is 28.2 Å². The van der Waals surface area contributed by atoms with Gasteiger partial charge in [0.1, 0.15) is 5.75 Å². The Morgan fingerprint density at radius 1 is 1.41 bits per heavy atom. The topological polar surface area (TPSA) is 50.4 Å². The Hall–Kier alpha value is -1.07. The van der Waals surface area contributed by atoms with Crippen LogP contribution in [0.2, 0.25) is 0 Å². The second-order valence-electron chi connectivity index (χ2n) is 3.55. The molecule has 0 aliphatic heterocycles. The van der Waals surface area contributed by atoms with Crippen molar-refractivity contribution in [1.29, 1.82) is 0 Å². The van der Waals surface area contributed by atoms with E-state index >= 15 is 0 Å². The van der Waals surface area contributed by atoms with Gasteiger partial charge in [0.05, 0.1) is 13.0 Å². The summed E-state index contributed by atoms with van der Waals surface area (Å²) in [4.78, 5) is 11.1. The normalized spacial score (nSPS) is 10.1. The Labute approximate surface area is 110 Å². The number of carbonyl (C=O) groups excluding carboxylic acids is 1. The molecule has 94 valence electrons. The maximum absolute atomic E-state index is 11.1. The zero-order chi connectivity index (χ0) is 12.7. The predicted molar refractivity (Wildman–Crippen MR) is 71.1 cm³/mol. The van der Waals surface area contributed by atoms with Crippen molar-refractivity contribution >= 4 is 21.8 Å². The van der Waals surface area contributed by atoms with Crippen LogP contribution in [0.15, 0.2) is 22.7 Å². The lowest BCUT2D eigenvalue weighted by Crippen LogP contribution is -2.20. The minimum absolute atomic E-state index is 0.0164. The second-order valence-corrected chi connectivity index (χ2v) is 4.47. The van der Waals surface area contributed by atoms with E-state index in [9.17, 15) is 4.79 Å². The van der Waals surface area contributed by atoms with Crippen molar-refractivity contribution < 1.29 is 9.53 Å². The van der Waals surface area contributed by atoms with Gasteiger partial charge >= 0.3 is 0 Å². The first-order valence-corrected chi connectivity index (χ1v) is 6.23. The summed E-state index contributed by atoms with van der Waals surface area (Å²) < 4.78 is 6.61. The van der Waals surface area contributed by atoms with E-state index in [1.165, 1.54) is 0 Å². The van der Waals surface area contributed by atoms with Crippen LogP contribution in [0.25, 0.3) is 0 Å². The van der Waals surface area contributed by atoms with Crippen LogP contribution in [0.4, 0.5) is 0 Å². The molecule has 0 aliphatic carbocycles. The lowest BCUT2D eigenvalue weighted by molar-refractivity contribution is -0.121. The van der Waals surface area contributed by atoms with Crippen LogP contribution in [-0.2, 0) is 11.3 Å². The van der Waals surface area contributed by atoms with Gasteiger partial charge in [0.25, 0.3) is 0 Å². The molecule has 0 bridgehead atoms. The van der Waals surface area contributed by atoms with Gasteiger partial charge < -0.3 is 15.4 Å². The number of hydrogen-bond acceptors (Lipinski definition) is 3. The molecule has 1 amide bonds. The fourth-order valence-corrected chi connectivity index (χ4v) is 1.80. The van der Waals surface area contributed by atoms with Crippen LogP contribution in [0, 0.1) is 0 Å². The molecule has 2 N–H and O–H groups in total. The van der Waals surface area contributed by atoms with Crippen LogP contribution in [0.5, 0.6) is 5.75 Å². The van der Waals surface area contributed by atoms with Crippen LogP contribution >= 0.6 is 15.9 Å². The van der Waals surface area contributed by atoms with Crippen LogP contribution in [0.3, 0.4) is 0 Å². The Balaban J connectivity index is 2.60.